The quantitative estimate of drug-likeness (QED) is 0.793. The molecule has 0 amide bonds. The van der Waals surface area contributed by atoms with Crippen molar-refractivity contribution in [2.75, 3.05) is 13.7 Å². The van der Waals surface area contributed by atoms with Gasteiger partial charge in [0.2, 0.25) is 0 Å². The molecule has 2 rings (SSSR count). The normalized spacial score (nSPS) is 32.1. The summed E-state index contributed by atoms with van der Waals surface area (Å²) < 4.78 is 15.4. The van der Waals surface area contributed by atoms with E-state index in [4.69, 9.17) is 14.2 Å². The van der Waals surface area contributed by atoms with E-state index in [1.54, 1.807) is 12.1 Å². The Labute approximate surface area is 123 Å². The van der Waals surface area contributed by atoms with Crippen molar-refractivity contribution in [3.8, 4) is 0 Å². The highest BCUT2D eigenvalue weighted by atomic mass is 16.7. The van der Waals surface area contributed by atoms with Crippen LogP contribution in [0.15, 0.2) is 24.3 Å². The first kappa shape index (κ1) is 15.9. The maximum Gasteiger partial charge on any atom is 0.338 e. The zero-order valence-electron chi connectivity index (χ0n) is 12.3. The highest BCUT2D eigenvalue weighted by Crippen LogP contribution is 2.31. The van der Waals surface area contributed by atoms with Crippen LogP contribution in [-0.4, -0.2) is 54.0 Å². The number of ether oxygens (including phenoxy) is 3. The number of carbonyl (C=O) groups is 1. The van der Waals surface area contributed by atoms with Gasteiger partial charge in [0.05, 0.1) is 5.56 Å². The minimum absolute atomic E-state index is 0.163. The molecule has 0 saturated carbocycles. The van der Waals surface area contributed by atoms with Gasteiger partial charge in [-0.05, 0) is 26.0 Å². The Morgan fingerprint density at radius 2 is 2.00 bits per heavy atom. The average molecular weight is 296 g/mol. The molecule has 0 radical (unpaired) electrons. The number of hydrogen-bond donors (Lipinski definition) is 2. The molecule has 1 unspecified atom stereocenters. The van der Waals surface area contributed by atoms with Crippen molar-refractivity contribution < 1.29 is 29.2 Å². The fraction of sp³-hybridized carbons (Fsp3) is 0.533. The van der Waals surface area contributed by atoms with E-state index < -0.39 is 30.1 Å². The lowest BCUT2D eigenvalue weighted by Crippen LogP contribution is -2.46. The number of benzene rings is 1. The Kier molecular flexibility index (Phi) is 4.63. The number of rotatable bonds is 4. The minimum Gasteiger partial charge on any atom is -0.459 e. The second-order valence-corrected chi connectivity index (χ2v) is 5.38. The number of aryl methyl sites for hydroxylation is 1. The molecule has 116 valence electrons. The fourth-order valence-electron chi connectivity index (χ4n) is 2.24. The van der Waals surface area contributed by atoms with Gasteiger partial charge >= 0.3 is 5.97 Å². The van der Waals surface area contributed by atoms with E-state index in [2.05, 4.69) is 0 Å². The third-order valence-corrected chi connectivity index (χ3v) is 3.61. The predicted molar refractivity (Wildman–Crippen MR) is 73.8 cm³/mol. The average Bonchev–Trinajstić information content (AvgIpc) is 2.68. The van der Waals surface area contributed by atoms with Crippen LogP contribution in [0.3, 0.4) is 0 Å². The standard InChI is InChI=1S/C15H20O6/c1-9-4-6-10(7-5-9)13(17)20-8-11-12(16)15(2,18)14(19-3)21-11/h4-7,11-12,14,16,18H,8H2,1-3H3/t11-,12-,14?,15-/m1/s1. The van der Waals surface area contributed by atoms with E-state index in [0.717, 1.165) is 5.56 Å². The van der Waals surface area contributed by atoms with Crippen molar-refractivity contribution in [2.24, 2.45) is 0 Å². The molecule has 4 atom stereocenters. The maximum atomic E-state index is 11.9. The van der Waals surface area contributed by atoms with Crippen LogP contribution in [0.5, 0.6) is 0 Å². The molecule has 1 saturated heterocycles. The predicted octanol–water partition coefficient (Wildman–Crippen LogP) is 0.635. The number of methoxy groups -OCH3 is 1. The Bertz CT molecular complexity index is 495. The first-order valence-electron chi connectivity index (χ1n) is 6.68. The SMILES string of the molecule is COC1O[C@H](COC(=O)c2ccc(C)cc2)[C@@H](O)[C@@]1(C)O. The van der Waals surface area contributed by atoms with Gasteiger partial charge in [0.25, 0.3) is 0 Å². The third kappa shape index (κ3) is 3.24. The summed E-state index contributed by atoms with van der Waals surface area (Å²) in [5.41, 5.74) is -0.0846. The Morgan fingerprint density at radius 1 is 1.38 bits per heavy atom. The van der Waals surface area contributed by atoms with Crippen LogP contribution < -0.4 is 0 Å². The molecule has 0 aromatic heterocycles. The van der Waals surface area contributed by atoms with Gasteiger partial charge in [-0.25, -0.2) is 4.79 Å². The third-order valence-electron chi connectivity index (χ3n) is 3.61. The minimum atomic E-state index is -1.55. The van der Waals surface area contributed by atoms with Crippen molar-refractivity contribution in [1.82, 2.24) is 0 Å². The van der Waals surface area contributed by atoms with Gasteiger partial charge in [0.15, 0.2) is 6.29 Å². The van der Waals surface area contributed by atoms with Crippen molar-refractivity contribution in [3.05, 3.63) is 35.4 Å². The van der Waals surface area contributed by atoms with Gasteiger partial charge in [0, 0.05) is 7.11 Å². The van der Waals surface area contributed by atoms with Gasteiger partial charge < -0.3 is 24.4 Å². The molecule has 1 heterocycles. The molecule has 0 spiro atoms. The van der Waals surface area contributed by atoms with Crippen LogP contribution >= 0.6 is 0 Å². The van der Waals surface area contributed by atoms with Crippen LogP contribution in [0.1, 0.15) is 22.8 Å². The maximum absolute atomic E-state index is 11.9. The lowest BCUT2D eigenvalue weighted by molar-refractivity contribution is -0.187. The molecular formula is C15H20O6. The molecule has 1 fully saturated rings. The van der Waals surface area contributed by atoms with E-state index >= 15 is 0 Å². The van der Waals surface area contributed by atoms with E-state index in [0.29, 0.717) is 5.56 Å². The van der Waals surface area contributed by atoms with Gasteiger partial charge in [-0.3, -0.25) is 0 Å². The molecule has 6 heteroatoms. The number of hydrogen-bond acceptors (Lipinski definition) is 6. The van der Waals surface area contributed by atoms with Gasteiger partial charge in [-0.15, -0.1) is 0 Å². The summed E-state index contributed by atoms with van der Waals surface area (Å²) in [6.45, 7) is 3.17. The van der Waals surface area contributed by atoms with Gasteiger partial charge in [0.1, 0.15) is 24.4 Å². The van der Waals surface area contributed by atoms with E-state index in [-0.39, 0.29) is 6.61 Å². The summed E-state index contributed by atoms with van der Waals surface area (Å²) >= 11 is 0. The highest BCUT2D eigenvalue weighted by Gasteiger charge is 2.52. The molecule has 1 aliphatic rings. The van der Waals surface area contributed by atoms with Crippen molar-refractivity contribution in [3.63, 3.8) is 0 Å². The van der Waals surface area contributed by atoms with E-state index in [1.165, 1.54) is 14.0 Å². The first-order valence-corrected chi connectivity index (χ1v) is 6.68. The summed E-state index contributed by atoms with van der Waals surface area (Å²) in [5, 5.41) is 20.1. The number of aliphatic hydroxyl groups excluding tert-OH is 1. The zero-order valence-corrected chi connectivity index (χ0v) is 12.3. The smallest absolute Gasteiger partial charge is 0.338 e. The largest absolute Gasteiger partial charge is 0.459 e. The topological polar surface area (TPSA) is 85.2 Å². The van der Waals surface area contributed by atoms with Crippen molar-refractivity contribution >= 4 is 5.97 Å². The molecule has 1 aliphatic heterocycles. The lowest BCUT2D eigenvalue weighted by Gasteiger charge is -2.24. The van der Waals surface area contributed by atoms with Gasteiger partial charge in [-0.2, -0.15) is 0 Å². The number of esters is 1. The zero-order chi connectivity index (χ0) is 15.6. The Hall–Kier alpha value is -1.47. The van der Waals surface area contributed by atoms with Crippen LogP contribution in [0, 0.1) is 6.92 Å². The lowest BCUT2D eigenvalue weighted by atomic mass is 9.98. The van der Waals surface area contributed by atoms with E-state index in [1.807, 2.05) is 19.1 Å². The summed E-state index contributed by atoms with van der Waals surface area (Å²) in [4.78, 5) is 11.9. The van der Waals surface area contributed by atoms with Gasteiger partial charge in [-0.1, -0.05) is 17.7 Å². The summed E-state index contributed by atoms with van der Waals surface area (Å²) in [6, 6.07) is 6.95. The summed E-state index contributed by atoms with van der Waals surface area (Å²) in [5.74, 6) is -0.508. The Morgan fingerprint density at radius 3 is 2.52 bits per heavy atom. The van der Waals surface area contributed by atoms with E-state index in [9.17, 15) is 15.0 Å². The van der Waals surface area contributed by atoms with Crippen molar-refractivity contribution in [2.45, 2.75) is 37.9 Å². The molecule has 0 aliphatic carbocycles. The molecule has 21 heavy (non-hydrogen) atoms. The number of carbonyl (C=O) groups excluding carboxylic acids is 1. The molecular weight excluding hydrogens is 276 g/mol. The second kappa shape index (κ2) is 6.11. The molecule has 1 aromatic carbocycles. The number of aliphatic hydroxyl groups is 2. The first-order chi connectivity index (χ1) is 9.86. The summed E-state index contributed by atoms with van der Waals surface area (Å²) in [6.07, 6.45) is -3.00. The second-order valence-electron chi connectivity index (χ2n) is 5.38. The molecule has 6 nitrogen and oxygen atoms in total. The summed E-state index contributed by atoms with van der Waals surface area (Å²) in [7, 11) is 1.37. The monoisotopic (exact) mass is 296 g/mol. The Balaban J connectivity index is 1.94. The van der Waals surface area contributed by atoms with Crippen LogP contribution in [0.25, 0.3) is 0 Å². The van der Waals surface area contributed by atoms with Crippen LogP contribution in [0.4, 0.5) is 0 Å². The van der Waals surface area contributed by atoms with Crippen LogP contribution in [0.2, 0.25) is 0 Å². The van der Waals surface area contributed by atoms with Crippen molar-refractivity contribution in [1.29, 1.82) is 0 Å². The molecule has 0 bridgehead atoms. The molecule has 1 aromatic rings. The van der Waals surface area contributed by atoms with Crippen LogP contribution in [-0.2, 0) is 14.2 Å². The molecule has 2 N–H and O–H groups in total. The fourth-order valence-corrected chi connectivity index (χ4v) is 2.24. The highest BCUT2D eigenvalue weighted by molar-refractivity contribution is 5.89.